The molecule has 1 unspecified atom stereocenters. The molecule has 1 aromatic rings. The topological polar surface area (TPSA) is 105 Å². The van der Waals surface area contributed by atoms with Gasteiger partial charge in [-0.15, -0.1) is 0 Å². The van der Waals surface area contributed by atoms with E-state index in [1.807, 2.05) is 30.3 Å². The molecule has 2 heterocycles. The first-order valence-electron chi connectivity index (χ1n) is 7.60. The summed E-state index contributed by atoms with van der Waals surface area (Å²) in [5, 5.41) is 3.38. The largest absolute Gasteiger partial charge is 0.495 e. The minimum atomic E-state index is -0.576. The van der Waals surface area contributed by atoms with Crippen molar-refractivity contribution in [2.75, 3.05) is 13.2 Å². The summed E-state index contributed by atoms with van der Waals surface area (Å²) >= 11 is 0. The molecule has 0 saturated carbocycles. The van der Waals surface area contributed by atoms with Crippen molar-refractivity contribution < 1.29 is 19.1 Å². The zero-order chi connectivity index (χ0) is 16.9. The van der Waals surface area contributed by atoms with Gasteiger partial charge in [-0.3, -0.25) is 9.69 Å². The molecule has 0 N–H and O–H groups in total. The van der Waals surface area contributed by atoms with E-state index in [0.29, 0.717) is 18.6 Å². The fourth-order valence-electron chi connectivity index (χ4n) is 2.78. The first-order chi connectivity index (χ1) is 11.7. The molecule has 1 atom stereocenters. The van der Waals surface area contributed by atoms with Crippen LogP contribution in [-0.4, -0.2) is 36.0 Å². The van der Waals surface area contributed by atoms with Gasteiger partial charge in [0.05, 0.1) is 19.2 Å². The molecular formula is C16H16N4O4. The van der Waals surface area contributed by atoms with Crippen molar-refractivity contribution in [2.45, 2.75) is 25.5 Å². The van der Waals surface area contributed by atoms with Gasteiger partial charge in [-0.25, -0.2) is 4.79 Å². The zero-order valence-corrected chi connectivity index (χ0v) is 12.9. The number of hydrogen-bond donors (Lipinski definition) is 0. The standard InChI is InChI=1S/C16H16N4O4/c17-19-18-6-7-23-13-8-12-9-14(21)20(12)15(13)16(22)24-10-11-4-2-1-3-5-11/h1-5,12H,6-10H2. The fourth-order valence-corrected chi connectivity index (χ4v) is 2.78. The van der Waals surface area contributed by atoms with Crippen LogP contribution < -0.4 is 0 Å². The van der Waals surface area contributed by atoms with Crippen molar-refractivity contribution in [1.82, 2.24) is 4.90 Å². The Labute approximate surface area is 138 Å². The van der Waals surface area contributed by atoms with E-state index in [4.69, 9.17) is 15.0 Å². The highest BCUT2D eigenvalue weighted by Crippen LogP contribution is 2.39. The molecule has 1 aromatic carbocycles. The van der Waals surface area contributed by atoms with E-state index in [9.17, 15) is 9.59 Å². The van der Waals surface area contributed by atoms with Crippen LogP contribution >= 0.6 is 0 Å². The number of azide groups is 1. The molecule has 2 aliphatic rings. The first kappa shape index (κ1) is 15.9. The number of ether oxygens (including phenoxy) is 2. The van der Waals surface area contributed by atoms with Gasteiger partial charge in [0.1, 0.15) is 12.4 Å². The minimum absolute atomic E-state index is 0.0359. The van der Waals surface area contributed by atoms with Gasteiger partial charge in [0.2, 0.25) is 5.91 Å². The summed E-state index contributed by atoms with van der Waals surface area (Å²) < 4.78 is 10.9. The molecule has 24 heavy (non-hydrogen) atoms. The summed E-state index contributed by atoms with van der Waals surface area (Å²) in [5.41, 5.74) is 9.31. The Bertz CT molecular complexity index is 725. The number of esters is 1. The molecule has 0 radical (unpaired) electrons. The summed E-state index contributed by atoms with van der Waals surface area (Å²) in [6, 6.07) is 9.26. The molecule has 8 heteroatoms. The number of amides is 1. The Morgan fingerprint density at radius 2 is 2.12 bits per heavy atom. The van der Waals surface area contributed by atoms with E-state index in [1.165, 1.54) is 4.90 Å². The number of carbonyl (C=O) groups is 2. The van der Waals surface area contributed by atoms with E-state index < -0.39 is 5.97 Å². The fraction of sp³-hybridized carbons (Fsp3) is 0.375. The predicted octanol–water partition coefficient (Wildman–Crippen LogP) is 2.27. The maximum absolute atomic E-state index is 12.4. The molecule has 1 amide bonds. The van der Waals surface area contributed by atoms with Crippen LogP contribution in [0, 0.1) is 0 Å². The van der Waals surface area contributed by atoms with Crippen molar-refractivity contribution in [2.24, 2.45) is 5.11 Å². The third kappa shape index (κ3) is 3.18. The molecule has 0 aromatic heterocycles. The number of nitrogens with zero attached hydrogens (tertiary/aromatic N) is 4. The highest BCUT2D eigenvalue weighted by Gasteiger charge is 2.49. The maximum Gasteiger partial charge on any atom is 0.358 e. The zero-order valence-electron chi connectivity index (χ0n) is 12.9. The van der Waals surface area contributed by atoms with E-state index >= 15 is 0 Å². The average Bonchev–Trinajstić information content (AvgIpc) is 2.90. The van der Waals surface area contributed by atoms with Crippen LogP contribution in [0.4, 0.5) is 0 Å². The number of fused-ring (bicyclic) bond motifs is 1. The second kappa shape index (κ2) is 7.06. The van der Waals surface area contributed by atoms with E-state index in [2.05, 4.69) is 10.0 Å². The summed E-state index contributed by atoms with van der Waals surface area (Å²) in [5.74, 6) is -0.259. The van der Waals surface area contributed by atoms with Gasteiger partial charge in [0.25, 0.3) is 0 Å². The molecule has 8 nitrogen and oxygen atoms in total. The molecule has 2 aliphatic heterocycles. The smallest absolute Gasteiger partial charge is 0.358 e. The van der Waals surface area contributed by atoms with Gasteiger partial charge >= 0.3 is 5.97 Å². The van der Waals surface area contributed by atoms with Crippen molar-refractivity contribution in [3.05, 3.63) is 57.8 Å². The van der Waals surface area contributed by atoms with Gasteiger partial charge in [-0.2, -0.15) is 0 Å². The van der Waals surface area contributed by atoms with E-state index in [0.717, 1.165) is 5.56 Å². The number of benzene rings is 1. The number of carbonyl (C=O) groups excluding carboxylic acids is 2. The molecule has 3 rings (SSSR count). The second-order valence-corrected chi connectivity index (χ2v) is 5.46. The SMILES string of the molecule is [N-]=[N+]=NCCOC1=C(C(=O)OCc2ccccc2)N2C(=O)CC2C1. The lowest BCUT2D eigenvalue weighted by Crippen LogP contribution is -2.49. The van der Waals surface area contributed by atoms with Crippen LogP contribution in [0.1, 0.15) is 18.4 Å². The first-order valence-corrected chi connectivity index (χ1v) is 7.60. The van der Waals surface area contributed by atoms with E-state index in [-0.39, 0.29) is 37.4 Å². The molecule has 0 aliphatic carbocycles. The van der Waals surface area contributed by atoms with Crippen LogP contribution in [0.2, 0.25) is 0 Å². The van der Waals surface area contributed by atoms with Gasteiger partial charge in [-0.1, -0.05) is 35.4 Å². The quantitative estimate of drug-likeness (QED) is 0.191. The third-order valence-electron chi connectivity index (χ3n) is 3.91. The van der Waals surface area contributed by atoms with Crippen molar-refractivity contribution in [3.8, 4) is 0 Å². The van der Waals surface area contributed by atoms with Gasteiger partial charge in [-0.05, 0) is 11.1 Å². The van der Waals surface area contributed by atoms with E-state index in [1.54, 1.807) is 0 Å². The van der Waals surface area contributed by atoms with Crippen LogP contribution in [0.25, 0.3) is 10.4 Å². The lowest BCUT2D eigenvalue weighted by atomic mass is 10.0. The normalized spacial score (nSPS) is 18.6. The van der Waals surface area contributed by atoms with Crippen LogP contribution in [0.15, 0.2) is 46.9 Å². The Hall–Kier alpha value is -2.99. The molecule has 0 bridgehead atoms. The lowest BCUT2D eigenvalue weighted by Gasteiger charge is -2.35. The Kier molecular flexibility index (Phi) is 4.67. The van der Waals surface area contributed by atoms with Crippen molar-refractivity contribution in [1.29, 1.82) is 0 Å². The Balaban J connectivity index is 1.68. The summed E-state index contributed by atoms with van der Waals surface area (Å²) in [6.07, 6.45) is 0.885. The van der Waals surface area contributed by atoms with Gasteiger partial charge in [0, 0.05) is 17.8 Å². The van der Waals surface area contributed by atoms with Gasteiger partial charge in [0.15, 0.2) is 5.70 Å². The van der Waals surface area contributed by atoms with Gasteiger partial charge < -0.3 is 9.47 Å². The van der Waals surface area contributed by atoms with Crippen LogP contribution in [-0.2, 0) is 25.7 Å². The Morgan fingerprint density at radius 1 is 1.33 bits per heavy atom. The summed E-state index contributed by atoms with van der Waals surface area (Å²) in [4.78, 5) is 28.3. The lowest BCUT2D eigenvalue weighted by molar-refractivity contribution is -0.151. The maximum atomic E-state index is 12.4. The van der Waals surface area contributed by atoms with Crippen LogP contribution in [0.3, 0.4) is 0 Å². The Morgan fingerprint density at radius 3 is 2.83 bits per heavy atom. The molecule has 124 valence electrons. The molecule has 0 spiro atoms. The molecule has 1 saturated heterocycles. The van der Waals surface area contributed by atoms with Crippen LogP contribution in [0.5, 0.6) is 0 Å². The number of β-lactam (4-membered cyclic amide) rings is 1. The van der Waals surface area contributed by atoms with Crippen molar-refractivity contribution >= 4 is 11.9 Å². The average molecular weight is 328 g/mol. The minimum Gasteiger partial charge on any atom is -0.495 e. The third-order valence-corrected chi connectivity index (χ3v) is 3.91. The monoisotopic (exact) mass is 328 g/mol. The van der Waals surface area contributed by atoms with Crippen molar-refractivity contribution in [3.63, 3.8) is 0 Å². The summed E-state index contributed by atoms with van der Waals surface area (Å²) in [7, 11) is 0. The number of rotatable bonds is 7. The second-order valence-electron chi connectivity index (χ2n) is 5.46. The highest BCUT2D eigenvalue weighted by molar-refractivity contribution is 5.98. The molecule has 1 fully saturated rings. The summed E-state index contributed by atoms with van der Waals surface area (Å²) in [6.45, 7) is 0.441. The predicted molar refractivity (Wildman–Crippen MR) is 83.1 cm³/mol. The number of hydrogen-bond acceptors (Lipinski definition) is 5. The molecular weight excluding hydrogens is 312 g/mol. The highest BCUT2D eigenvalue weighted by atomic mass is 16.5.